The van der Waals surface area contributed by atoms with E-state index in [0.29, 0.717) is 0 Å². The van der Waals surface area contributed by atoms with E-state index in [0.717, 1.165) is 24.7 Å². The predicted molar refractivity (Wildman–Crippen MR) is 61.7 cm³/mol. The minimum atomic E-state index is 0.226. The van der Waals surface area contributed by atoms with Gasteiger partial charge in [-0.15, -0.1) is 0 Å². The van der Waals surface area contributed by atoms with Crippen LogP contribution < -0.4 is 0 Å². The van der Waals surface area contributed by atoms with Crippen LogP contribution in [0.5, 0.6) is 5.75 Å². The first-order chi connectivity index (χ1) is 7.08. The molecule has 0 saturated heterocycles. The predicted octanol–water partition coefficient (Wildman–Crippen LogP) is 2.27. The zero-order valence-electron chi connectivity index (χ0n) is 9.77. The van der Waals surface area contributed by atoms with Crippen LogP contribution >= 0.6 is 0 Å². The van der Waals surface area contributed by atoms with E-state index in [1.165, 1.54) is 12.6 Å². The average molecular weight is 208 g/mol. The van der Waals surface area contributed by atoms with Crippen LogP contribution in [-0.2, 0) is 6.54 Å². The molecular weight excluding hydrogens is 188 g/mol. The van der Waals surface area contributed by atoms with E-state index in [1.807, 2.05) is 6.07 Å². The fourth-order valence-corrected chi connectivity index (χ4v) is 1.34. The monoisotopic (exact) mass is 208 g/mol. The average Bonchev–Trinajstić information content (AvgIpc) is 2.19. The molecule has 0 bridgehead atoms. The second-order valence-corrected chi connectivity index (χ2v) is 4.43. The first kappa shape index (κ1) is 12.0. The molecule has 1 rings (SSSR count). The zero-order chi connectivity index (χ0) is 11.3. The summed E-state index contributed by atoms with van der Waals surface area (Å²) in [6, 6.07) is 3.54. The number of pyridine rings is 1. The van der Waals surface area contributed by atoms with E-state index >= 15 is 0 Å². The minimum absolute atomic E-state index is 0.226. The summed E-state index contributed by atoms with van der Waals surface area (Å²) in [4.78, 5) is 6.40. The maximum absolute atomic E-state index is 9.09. The van der Waals surface area contributed by atoms with Crippen molar-refractivity contribution in [3.8, 4) is 5.75 Å². The molecule has 0 saturated carbocycles. The van der Waals surface area contributed by atoms with Crippen LogP contribution in [-0.4, -0.2) is 28.6 Å². The maximum Gasteiger partial charge on any atom is 0.133 e. The molecule has 0 unspecified atom stereocenters. The Hall–Kier alpha value is -1.09. The van der Waals surface area contributed by atoms with Crippen molar-refractivity contribution < 1.29 is 5.11 Å². The van der Waals surface area contributed by atoms with Gasteiger partial charge in [0.1, 0.15) is 5.75 Å². The molecule has 1 aromatic heterocycles. The molecule has 0 amide bonds. The van der Waals surface area contributed by atoms with Crippen molar-refractivity contribution in [2.24, 2.45) is 5.92 Å². The molecule has 15 heavy (non-hydrogen) atoms. The standard InChI is InChI=1S/C12H20N2O/c1-10(2)6-7-14(3)9-11-4-5-12(15)8-13-11/h4-5,8,10,15H,6-7,9H2,1-3H3. The van der Waals surface area contributed by atoms with Crippen LogP contribution in [0.15, 0.2) is 18.3 Å². The van der Waals surface area contributed by atoms with Gasteiger partial charge in [-0.1, -0.05) is 13.8 Å². The number of aromatic nitrogens is 1. The minimum Gasteiger partial charge on any atom is -0.506 e. The molecule has 0 aliphatic heterocycles. The lowest BCUT2D eigenvalue weighted by atomic mass is 10.1. The fraction of sp³-hybridized carbons (Fsp3) is 0.583. The highest BCUT2D eigenvalue weighted by molar-refractivity contribution is 5.17. The van der Waals surface area contributed by atoms with Crippen LogP contribution in [0.25, 0.3) is 0 Å². The summed E-state index contributed by atoms with van der Waals surface area (Å²) in [5, 5.41) is 9.09. The van der Waals surface area contributed by atoms with Crippen molar-refractivity contribution in [3.05, 3.63) is 24.0 Å². The van der Waals surface area contributed by atoms with E-state index in [4.69, 9.17) is 5.11 Å². The molecule has 0 fully saturated rings. The van der Waals surface area contributed by atoms with Gasteiger partial charge in [-0.3, -0.25) is 4.98 Å². The van der Waals surface area contributed by atoms with Gasteiger partial charge in [0.25, 0.3) is 0 Å². The lowest BCUT2D eigenvalue weighted by Gasteiger charge is -2.17. The summed E-state index contributed by atoms with van der Waals surface area (Å²) in [5.41, 5.74) is 0.999. The van der Waals surface area contributed by atoms with Crippen molar-refractivity contribution in [2.75, 3.05) is 13.6 Å². The van der Waals surface area contributed by atoms with Gasteiger partial charge in [0.2, 0.25) is 0 Å². The van der Waals surface area contributed by atoms with Gasteiger partial charge in [0, 0.05) is 6.54 Å². The smallest absolute Gasteiger partial charge is 0.133 e. The molecule has 0 aliphatic rings. The Morgan fingerprint density at radius 1 is 1.40 bits per heavy atom. The summed E-state index contributed by atoms with van der Waals surface area (Å²) in [5.74, 6) is 0.962. The van der Waals surface area contributed by atoms with Gasteiger partial charge in [-0.2, -0.15) is 0 Å². The van der Waals surface area contributed by atoms with Crippen molar-refractivity contribution in [3.63, 3.8) is 0 Å². The lowest BCUT2D eigenvalue weighted by molar-refractivity contribution is 0.300. The molecule has 1 N–H and O–H groups in total. The number of rotatable bonds is 5. The molecule has 0 atom stereocenters. The van der Waals surface area contributed by atoms with E-state index in [2.05, 4.69) is 30.8 Å². The van der Waals surface area contributed by atoms with Gasteiger partial charge in [-0.05, 0) is 38.1 Å². The first-order valence-corrected chi connectivity index (χ1v) is 5.40. The highest BCUT2D eigenvalue weighted by atomic mass is 16.3. The van der Waals surface area contributed by atoms with Crippen LogP contribution in [0.2, 0.25) is 0 Å². The fourth-order valence-electron chi connectivity index (χ4n) is 1.34. The second kappa shape index (κ2) is 5.71. The SMILES string of the molecule is CC(C)CCN(C)Cc1ccc(O)cn1. The van der Waals surface area contributed by atoms with E-state index in [1.54, 1.807) is 6.07 Å². The van der Waals surface area contributed by atoms with Crippen LogP contribution in [0, 0.1) is 5.92 Å². The van der Waals surface area contributed by atoms with Crippen molar-refractivity contribution in [1.82, 2.24) is 9.88 Å². The highest BCUT2D eigenvalue weighted by Gasteiger charge is 2.02. The van der Waals surface area contributed by atoms with Gasteiger partial charge < -0.3 is 10.0 Å². The number of nitrogens with zero attached hydrogens (tertiary/aromatic N) is 2. The van der Waals surface area contributed by atoms with E-state index in [9.17, 15) is 0 Å². The summed E-state index contributed by atoms with van der Waals surface area (Å²) in [6.45, 7) is 6.38. The normalized spacial score (nSPS) is 11.3. The van der Waals surface area contributed by atoms with Crippen molar-refractivity contribution in [2.45, 2.75) is 26.8 Å². The third-order valence-corrected chi connectivity index (χ3v) is 2.33. The topological polar surface area (TPSA) is 36.4 Å². The highest BCUT2D eigenvalue weighted by Crippen LogP contribution is 2.08. The number of hydrogen-bond donors (Lipinski definition) is 1. The molecule has 3 nitrogen and oxygen atoms in total. The molecule has 0 spiro atoms. The largest absolute Gasteiger partial charge is 0.506 e. The lowest BCUT2D eigenvalue weighted by Crippen LogP contribution is -2.20. The van der Waals surface area contributed by atoms with E-state index in [-0.39, 0.29) is 5.75 Å². The van der Waals surface area contributed by atoms with Crippen LogP contribution in [0.3, 0.4) is 0 Å². The molecule has 84 valence electrons. The molecule has 0 aromatic carbocycles. The van der Waals surface area contributed by atoms with Crippen LogP contribution in [0.4, 0.5) is 0 Å². The molecule has 0 radical (unpaired) electrons. The molecule has 0 aliphatic carbocycles. The number of hydrogen-bond acceptors (Lipinski definition) is 3. The Labute approximate surface area is 91.8 Å². The molecular formula is C12H20N2O. The Morgan fingerprint density at radius 3 is 2.67 bits per heavy atom. The van der Waals surface area contributed by atoms with Crippen LogP contribution in [0.1, 0.15) is 26.0 Å². The van der Waals surface area contributed by atoms with Crippen molar-refractivity contribution in [1.29, 1.82) is 0 Å². The first-order valence-electron chi connectivity index (χ1n) is 5.40. The third-order valence-electron chi connectivity index (χ3n) is 2.33. The third kappa shape index (κ3) is 4.79. The molecule has 3 heteroatoms. The Bertz CT molecular complexity index is 282. The number of aromatic hydroxyl groups is 1. The Morgan fingerprint density at radius 2 is 2.13 bits per heavy atom. The summed E-state index contributed by atoms with van der Waals surface area (Å²) >= 11 is 0. The quantitative estimate of drug-likeness (QED) is 0.806. The summed E-state index contributed by atoms with van der Waals surface area (Å²) in [7, 11) is 2.09. The molecule has 1 heterocycles. The Kier molecular flexibility index (Phi) is 4.56. The van der Waals surface area contributed by atoms with E-state index < -0.39 is 0 Å². The summed E-state index contributed by atoms with van der Waals surface area (Å²) in [6.07, 6.45) is 2.69. The Balaban J connectivity index is 2.37. The maximum atomic E-state index is 9.09. The molecule has 1 aromatic rings. The van der Waals surface area contributed by atoms with Gasteiger partial charge in [0.15, 0.2) is 0 Å². The van der Waals surface area contributed by atoms with Crippen molar-refractivity contribution >= 4 is 0 Å². The second-order valence-electron chi connectivity index (χ2n) is 4.43. The summed E-state index contributed by atoms with van der Waals surface area (Å²) < 4.78 is 0. The van der Waals surface area contributed by atoms with Gasteiger partial charge >= 0.3 is 0 Å². The van der Waals surface area contributed by atoms with Gasteiger partial charge in [-0.25, -0.2) is 0 Å². The zero-order valence-corrected chi connectivity index (χ0v) is 9.77. The van der Waals surface area contributed by atoms with Gasteiger partial charge in [0.05, 0.1) is 11.9 Å².